The maximum absolute atomic E-state index is 14.2. The molecule has 2 aromatic rings. The van der Waals surface area contributed by atoms with E-state index >= 15 is 0 Å². The highest BCUT2D eigenvalue weighted by Crippen LogP contribution is 2.39. The van der Waals surface area contributed by atoms with E-state index in [9.17, 15) is 9.18 Å². The highest BCUT2D eigenvalue weighted by Gasteiger charge is 2.31. The van der Waals surface area contributed by atoms with Crippen molar-refractivity contribution in [3.05, 3.63) is 46.4 Å². The van der Waals surface area contributed by atoms with Gasteiger partial charge in [0, 0.05) is 24.4 Å². The Morgan fingerprint density at radius 3 is 2.86 bits per heavy atom. The number of amides is 1. The standard InChI is InChI=1S/C16H18FN3O/c1-4-20-16-13(8-18-20)12(7-14(21)19-16)11-6-5-9(2)15(17)10(11)3/h5-6,8,12H,4,7H2,1-3H3,(H,19,21)/t12-/m0/s1. The maximum atomic E-state index is 14.2. The Hall–Kier alpha value is -2.17. The van der Waals surface area contributed by atoms with E-state index in [2.05, 4.69) is 10.4 Å². The van der Waals surface area contributed by atoms with Gasteiger partial charge in [0.25, 0.3) is 0 Å². The van der Waals surface area contributed by atoms with Gasteiger partial charge in [-0.3, -0.25) is 4.79 Å². The Morgan fingerprint density at radius 1 is 1.38 bits per heavy atom. The number of hydrogen-bond acceptors (Lipinski definition) is 2. The maximum Gasteiger partial charge on any atom is 0.226 e. The van der Waals surface area contributed by atoms with Crippen LogP contribution in [0.4, 0.5) is 10.2 Å². The monoisotopic (exact) mass is 287 g/mol. The number of aryl methyl sites for hydroxylation is 2. The zero-order valence-electron chi connectivity index (χ0n) is 12.4. The van der Waals surface area contributed by atoms with Crippen molar-refractivity contribution in [3.63, 3.8) is 0 Å². The summed E-state index contributed by atoms with van der Waals surface area (Å²) >= 11 is 0. The van der Waals surface area contributed by atoms with Gasteiger partial charge in [0.2, 0.25) is 5.91 Å². The van der Waals surface area contributed by atoms with Crippen molar-refractivity contribution in [1.29, 1.82) is 0 Å². The SMILES string of the molecule is CCn1ncc2c1NC(=O)C[C@H]2c1ccc(C)c(F)c1C. The fourth-order valence-corrected chi connectivity index (χ4v) is 3.00. The van der Waals surface area contributed by atoms with E-state index in [1.807, 2.05) is 13.0 Å². The minimum atomic E-state index is -0.192. The van der Waals surface area contributed by atoms with Crippen LogP contribution in [-0.4, -0.2) is 15.7 Å². The summed E-state index contributed by atoms with van der Waals surface area (Å²) in [6.45, 7) is 6.18. The van der Waals surface area contributed by atoms with E-state index in [-0.39, 0.29) is 17.6 Å². The van der Waals surface area contributed by atoms with Gasteiger partial charge < -0.3 is 5.32 Å². The van der Waals surface area contributed by atoms with Gasteiger partial charge in [0.05, 0.1) is 6.20 Å². The molecule has 1 aromatic heterocycles. The van der Waals surface area contributed by atoms with Gasteiger partial charge in [-0.2, -0.15) is 5.10 Å². The minimum absolute atomic E-state index is 0.0527. The van der Waals surface area contributed by atoms with Gasteiger partial charge in [-0.25, -0.2) is 9.07 Å². The van der Waals surface area contributed by atoms with E-state index in [0.717, 1.165) is 16.9 Å². The van der Waals surface area contributed by atoms with Gasteiger partial charge in [-0.15, -0.1) is 0 Å². The van der Waals surface area contributed by atoms with Gasteiger partial charge in [0.1, 0.15) is 11.6 Å². The second-order valence-corrected chi connectivity index (χ2v) is 5.48. The number of aromatic nitrogens is 2. The second kappa shape index (κ2) is 4.98. The largest absolute Gasteiger partial charge is 0.311 e. The molecular formula is C16H18FN3O. The Labute approximate surface area is 123 Å². The number of anilines is 1. The fourth-order valence-electron chi connectivity index (χ4n) is 3.00. The summed E-state index contributed by atoms with van der Waals surface area (Å²) in [7, 11) is 0. The molecule has 21 heavy (non-hydrogen) atoms. The number of benzene rings is 1. The molecule has 0 bridgehead atoms. The first kappa shape index (κ1) is 13.8. The first-order chi connectivity index (χ1) is 10.0. The van der Waals surface area contributed by atoms with Crippen LogP contribution in [0, 0.1) is 19.7 Å². The highest BCUT2D eigenvalue weighted by molar-refractivity contribution is 5.94. The van der Waals surface area contributed by atoms with Gasteiger partial charge in [0.15, 0.2) is 0 Å². The number of carbonyl (C=O) groups is 1. The summed E-state index contributed by atoms with van der Waals surface area (Å²) in [5.74, 6) is 0.356. The normalized spacial score (nSPS) is 17.5. The van der Waals surface area contributed by atoms with E-state index in [1.165, 1.54) is 0 Å². The Morgan fingerprint density at radius 2 is 2.14 bits per heavy atom. The molecule has 1 amide bonds. The lowest BCUT2D eigenvalue weighted by molar-refractivity contribution is -0.116. The van der Waals surface area contributed by atoms with Gasteiger partial charge >= 0.3 is 0 Å². The number of hydrogen-bond donors (Lipinski definition) is 1. The van der Waals surface area contributed by atoms with Gasteiger partial charge in [-0.05, 0) is 37.5 Å². The van der Waals surface area contributed by atoms with E-state index in [4.69, 9.17) is 0 Å². The molecule has 0 aliphatic carbocycles. The van der Waals surface area contributed by atoms with Crippen LogP contribution in [0.2, 0.25) is 0 Å². The highest BCUT2D eigenvalue weighted by atomic mass is 19.1. The van der Waals surface area contributed by atoms with Crippen LogP contribution in [-0.2, 0) is 11.3 Å². The molecule has 1 atom stereocenters. The zero-order chi connectivity index (χ0) is 15.1. The zero-order valence-corrected chi connectivity index (χ0v) is 12.4. The van der Waals surface area contributed by atoms with Crippen LogP contribution < -0.4 is 5.32 Å². The number of fused-ring (bicyclic) bond motifs is 1. The molecule has 1 aromatic carbocycles. The fraction of sp³-hybridized carbons (Fsp3) is 0.375. The molecule has 4 nitrogen and oxygen atoms in total. The molecule has 0 saturated heterocycles. The molecule has 1 N–H and O–H groups in total. The first-order valence-corrected chi connectivity index (χ1v) is 7.14. The Balaban J connectivity index is 2.14. The van der Waals surface area contributed by atoms with E-state index in [1.54, 1.807) is 30.8 Å². The van der Waals surface area contributed by atoms with Crippen molar-refractivity contribution < 1.29 is 9.18 Å². The topological polar surface area (TPSA) is 46.9 Å². The quantitative estimate of drug-likeness (QED) is 0.922. The third-order valence-electron chi connectivity index (χ3n) is 4.19. The number of nitrogens with zero attached hydrogens (tertiary/aromatic N) is 2. The average Bonchev–Trinajstić information content (AvgIpc) is 2.87. The summed E-state index contributed by atoms with van der Waals surface area (Å²) in [5.41, 5.74) is 3.07. The summed E-state index contributed by atoms with van der Waals surface area (Å²) in [4.78, 5) is 12.0. The molecule has 1 aliphatic heterocycles. The summed E-state index contributed by atoms with van der Waals surface area (Å²) in [5, 5.41) is 7.18. The third-order valence-corrected chi connectivity index (χ3v) is 4.19. The summed E-state index contributed by atoms with van der Waals surface area (Å²) in [6.07, 6.45) is 2.10. The van der Waals surface area contributed by atoms with Crippen molar-refractivity contribution in [1.82, 2.24) is 9.78 Å². The molecule has 0 fully saturated rings. The number of carbonyl (C=O) groups excluding carboxylic acids is 1. The predicted molar refractivity (Wildman–Crippen MR) is 78.9 cm³/mol. The molecule has 110 valence electrons. The molecule has 1 aliphatic rings. The summed E-state index contributed by atoms with van der Waals surface area (Å²) in [6, 6.07) is 3.69. The van der Waals surface area contributed by atoms with Crippen LogP contribution in [0.15, 0.2) is 18.3 Å². The molecular weight excluding hydrogens is 269 g/mol. The number of halogens is 1. The lowest BCUT2D eigenvalue weighted by Crippen LogP contribution is -2.25. The smallest absolute Gasteiger partial charge is 0.226 e. The minimum Gasteiger partial charge on any atom is -0.311 e. The summed E-state index contributed by atoms with van der Waals surface area (Å²) < 4.78 is 15.9. The first-order valence-electron chi connectivity index (χ1n) is 7.14. The van der Waals surface area contributed by atoms with Crippen molar-refractivity contribution >= 4 is 11.7 Å². The molecule has 5 heteroatoms. The lowest BCUT2D eigenvalue weighted by Gasteiger charge is -2.25. The molecule has 0 saturated carbocycles. The molecule has 0 unspecified atom stereocenters. The molecule has 0 radical (unpaired) electrons. The molecule has 2 heterocycles. The average molecular weight is 287 g/mol. The number of nitrogens with one attached hydrogen (secondary N) is 1. The second-order valence-electron chi connectivity index (χ2n) is 5.48. The van der Waals surface area contributed by atoms with Crippen LogP contribution in [0.3, 0.4) is 0 Å². The van der Waals surface area contributed by atoms with Crippen LogP contribution in [0.5, 0.6) is 0 Å². The number of rotatable bonds is 2. The van der Waals surface area contributed by atoms with E-state index < -0.39 is 0 Å². The predicted octanol–water partition coefficient (Wildman–Crippen LogP) is 3.13. The van der Waals surface area contributed by atoms with Crippen LogP contribution in [0.1, 0.15) is 41.5 Å². The molecule has 0 spiro atoms. The van der Waals surface area contributed by atoms with Crippen molar-refractivity contribution in [2.24, 2.45) is 0 Å². The third kappa shape index (κ3) is 2.13. The van der Waals surface area contributed by atoms with Crippen molar-refractivity contribution in [2.75, 3.05) is 5.32 Å². The van der Waals surface area contributed by atoms with Gasteiger partial charge in [-0.1, -0.05) is 12.1 Å². The molecule has 3 rings (SSSR count). The lowest BCUT2D eigenvalue weighted by atomic mass is 9.84. The van der Waals surface area contributed by atoms with Crippen LogP contribution in [0.25, 0.3) is 0 Å². The van der Waals surface area contributed by atoms with Crippen LogP contribution >= 0.6 is 0 Å². The van der Waals surface area contributed by atoms with E-state index in [0.29, 0.717) is 24.1 Å². The Kier molecular flexibility index (Phi) is 3.27. The Bertz CT molecular complexity index is 721. The van der Waals surface area contributed by atoms with Crippen molar-refractivity contribution in [2.45, 2.75) is 39.7 Å². The van der Waals surface area contributed by atoms with Crippen molar-refractivity contribution in [3.8, 4) is 0 Å².